The van der Waals surface area contributed by atoms with Crippen LogP contribution < -0.4 is 0 Å². The molecule has 2 nitrogen and oxygen atoms in total. The molecule has 0 saturated carbocycles. The Kier molecular flexibility index (Phi) is 11.9. The third kappa shape index (κ3) is 9.46. The van der Waals surface area contributed by atoms with Crippen molar-refractivity contribution in [1.82, 2.24) is 0 Å². The second-order valence-electron chi connectivity index (χ2n) is 3.38. The summed E-state index contributed by atoms with van der Waals surface area (Å²) in [6, 6.07) is 0. The summed E-state index contributed by atoms with van der Waals surface area (Å²) >= 11 is 3.89. The van der Waals surface area contributed by atoms with E-state index in [1.54, 1.807) is 0 Å². The molecule has 1 atom stereocenters. The molecule has 1 unspecified atom stereocenters. The van der Waals surface area contributed by atoms with Crippen molar-refractivity contribution in [1.29, 1.82) is 0 Å². The summed E-state index contributed by atoms with van der Waals surface area (Å²) in [7, 11) is 0. The summed E-state index contributed by atoms with van der Waals surface area (Å²) in [5.74, 6) is 0.785. The molecule has 0 spiro atoms. The van der Waals surface area contributed by atoms with Gasteiger partial charge in [-0.1, -0.05) is 19.8 Å². The molecule has 0 aliphatic heterocycles. The molecule has 96 valence electrons. The zero-order chi connectivity index (χ0) is 12.2. The summed E-state index contributed by atoms with van der Waals surface area (Å²) in [6.45, 7) is 2.62. The molecule has 16 heavy (non-hydrogen) atoms. The first kappa shape index (κ1) is 16.2. The van der Waals surface area contributed by atoms with Crippen molar-refractivity contribution in [3.8, 4) is 0 Å². The zero-order valence-electron chi connectivity index (χ0n) is 9.71. The second-order valence-corrected chi connectivity index (χ2v) is 5.25. The van der Waals surface area contributed by atoms with Gasteiger partial charge in [0.15, 0.2) is 0 Å². The first-order valence-electron chi connectivity index (χ1n) is 5.60. The predicted molar refractivity (Wildman–Crippen MR) is 67.9 cm³/mol. The van der Waals surface area contributed by atoms with Crippen LogP contribution in [0.25, 0.3) is 0 Å². The predicted octanol–water partition coefficient (Wildman–Crippen LogP) is 3.38. The maximum Gasteiger partial charge on any atom is 0.298 e. The van der Waals surface area contributed by atoms with E-state index in [0.29, 0.717) is 18.2 Å². The number of hydrogen-bond acceptors (Lipinski definition) is 2. The van der Waals surface area contributed by atoms with Gasteiger partial charge in [-0.05, 0) is 12.8 Å². The van der Waals surface area contributed by atoms with Gasteiger partial charge in [0.05, 0.1) is 13.2 Å². The average molecular weight is 271 g/mol. The van der Waals surface area contributed by atoms with E-state index in [-0.39, 0.29) is 6.61 Å². The van der Waals surface area contributed by atoms with Crippen molar-refractivity contribution < 1.29 is 13.7 Å². The summed E-state index contributed by atoms with van der Waals surface area (Å²) in [4.78, 5) is 0. The Bertz CT molecular complexity index is 191. The Hall–Kier alpha value is 0.230. The highest BCUT2D eigenvalue weighted by Gasteiger charge is 2.12. The highest BCUT2D eigenvalue weighted by atomic mass is 35.5. The highest BCUT2D eigenvalue weighted by molar-refractivity contribution is 7.95. The quantitative estimate of drug-likeness (QED) is 0.346. The Balaban J connectivity index is 3.58. The monoisotopic (exact) mass is 270 g/mol. The number of alkyl halides is 1. The van der Waals surface area contributed by atoms with Gasteiger partial charge in [-0.3, -0.25) is 0 Å². The van der Waals surface area contributed by atoms with Gasteiger partial charge < -0.3 is 9.29 Å². The van der Waals surface area contributed by atoms with Crippen LogP contribution in [-0.4, -0.2) is 29.4 Å². The molecule has 0 N–H and O–H groups in total. The molecule has 0 aliphatic rings. The SMILES string of the molecule is CCCCCC[S+]([O-])C(F)=CCOCCCl. The third-order valence-corrected chi connectivity index (χ3v) is 3.40. The molecule has 0 amide bonds. The van der Waals surface area contributed by atoms with Gasteiger partial charge in [0.25, 0.3) is 5.16 Å². The van der Waals surface area contributed by atoms with Crippen LogP contribution in [0.3, 0.4) is 0 Å². The fourth-order valence-electron chi connectivity index (χ4n) is 1.11. The Morgan fingerprint density at radius 2 is 2.19 bits per heavy atom. The smallest absolute Gasteiger partial charge is 0.298 e. The molecular formula is C11H20ClFO2S. The molecular weight excluding hydrogens is 251 g/mol. The number of unbranched alkanes of at least 4 members (excludes halogenated alkanes) is 3. The standard InChI is InChI=1S/C11H20ClFO2S/c1-2-3-4-5-10-16(14)11(13)6-8-15-9-7-12/h6H,2-5,7-10H2,1H3. The van der Waals surface area contributed by atoms with E-state index < -0.39 is 16.3 Å². The minimum absolute atomic E-state index is 0.138. The van der Waals surface area contributed by atoms with Crippen molar-refractivity contribution in [3.05, 3.63) is 11.2 Å². The molecule has 5 heteroatoms. The number of ether oxygens (including phenoxy) is 1. The largest absolute Gasteiger partial charge is 0.610 e. The molecule has 0 aromatic carbocycles. The van der Waals surface area contributed by atoms with E-state index in [4.69, 9.17) is 16.3 Å². The van der Waals surface area contributed by atoms with Crippen LogP contribution in [-0.2, 0) is 15.9 Å². The molecule has 0 aromatic heterocycles. The molecule has 0 saturated heterocycles. The lowest BCUT2D eigenvalue weighted by molar-refractivity contribution is 0.178. The summed E-state index contributed by atoms with van der Waals surface area (Å²) < 4.78 is 29.5. The van der Waals surface area contributed by atoms with Crippen LogP contribution in [0.5, 0.6) is 0 Å². The van der Waals surface area contributed by atoms with Gasteiger partial charge in [-0.25, -0.2) is 0 Å². The lowest BCUT2D eigenvalue weighted by atomic mass is 10.2. The number of hydrogen-bond donors (Lipinski definition) is 0. The Morgan fingerprint density at radius 3 is 2.81 bits per heavy atom. The van der Waals surface area contributed by atoms with Gasteiger partial charge >= 0.3 is 0 Å². The third-order valence-electron chi connectivity index (χ3n) is 1.98. The molecule has 0 bridgehead atoms. The van der Waals surface area contributed by atoms with Crippen LogP contribution in [0.1, 0.15) is 32.6 Å². The van der Waals surface area contributed by atoms with Crippen LogP contribution >= 0.6 is 11.6 Å². The van der Waals surface area contributed by atoms with E-state index in [9.17, 15) is 8.94 Å². The van der Waals surface area contributed by atoms with E-state index in [1.807, 2.05) is 0 Å². The summed E-state index contributed by atoms with van der Waals surface area (Å²) in [5, 5.41) is -0.578. The van der Waals surface area contributed by atoms with E-state index >= 15 is 0 Å². The molecule has 0 heterocycles. The maximum atomic E-state index is 13.2. The number of rotatable bonds is 10. The van der Waals surface area contributed by atoms with Crippen molar-refractivity contribution in [2.75, 3.05) is 24.8 Å². The molecule has 0 radical (unpaired) electrons. The highest BCUT2D eigenvalue weighted by Crippen LogP contribution is 2.12. The lowest BCUT2D eigenvalue weighted by Gasteiger charge is -2.07. The van der Waals surface area contributed by atoms with Gasteiger partial charge in [-0.2, -0.15) is 4.39 Å². The molecule has 0 fully saturated rings. The zero-order valence-corrected chi connectivity index (χ0v) is 11.3. The summed E-state index contributed by atoms with van der Waals surface area (Å²) in [6.07, 6.45) is 5.28. The van der Waals surface area contributed by atoms with Crippen LogP contribution in [0.15, 0.2) is 11.2 Å². The minimum atomic E-state index is -1.49. The minimum Gasteiger partial charge on any atom is -0.610 e. The summed E-state index contributed by atoms with van der Waals surface area (Å²) in [5.41, 5.74) is 0. The average Bonchev–Trinajstić information content (AvgIpc) is 2.29. The first-order chi connectivity index (χ1) is 7.72. The first-order valence-corrected chi connectivity index (χ1v) is 7.45. The van der Waals surface area contributed by atoms with E-state index in [2.05, 4.69) is 6.92 Å². The Morgan fingerprint density at radius 1 is 1.44 bits per heavy atom. The Labute approximate surface area is 105 Å². The van der Waals surface area contributed by atoms with Crippen LogP contribution in [0.2, 0.25) is 0 Å². The van der Waals surface area contributed by atoms with E-state index in [0.717, 1.165) is 25.7 Å². The molecule has 0 aliphatic carbocycles. The van der Waals surface area contributed by atoms with Crippen molar-refractivity contribution in [3.63, 3.8) is 0 Å². The lowest BCUT2D eigenvalue weighted by Crippen LogP contribution is -2.07. The van der Waals surface area contributed by atoms with Crippen molar-refractivity contribution in [2.45, 2.75) is 32.6 Å². The fourth-order valence-corrected chi connectivity index (χ4v) is 2.14. The normalized spacial score (nSPS) is 14.1. The number of halogens is 2. The van der Waals surface area contributed by atoms with Crippen molar-refractivity contribution >= 4 is 22.8 Å². The van der Waals surface area contributed by atoms with Crippen molar-refractivity contribution in [2.24, 2.45) is 0 Å². The van der Waals surface area contributed by atoms with E-state index in [1.165, 1.54) is 6.08 Å². The molecule has 0 aromatic rings. The van der Waals surface area contributed by atoms with Gasteiger partial charge in [0.2, 0.25) is 0 Å². The van der Waals surface area contributed by atoms with Gasteiger partial charge in [0.1, 0.15) is 5.75 Å². The van der Waals surface area contributed by atoms with Crippen LogP contribution in [0.4, 0.5) is 4.39 Å². The van der Waals surface area contributed by atoms with Gasteiger partial charge in [-0.15, -0.1) is 11.6 Å². The fraction of sp³-hybridized carbons (Fsp3) is 0.818. The topological polar surface area (TPSA) is 32.3 Å². The van der Waals surface area contributed by atoms with Crippen LogP contribution in [0, 0.1) is 0 Å². The van der Waals surface area contributed by atoms with Gasteiger partial charge in [0, 0.05) is 23.1 Å². The maximum absolute atomic E-state index is 13.2. The second kappa shape index (κ2) is 11.7. The molecule has 0 rings (SSSR count).